The molecule has 5 aromatic rings. The van der Waals surface area contributed by atoms with Crippen molar-refractivity contribution in [1.29, 1.82) is 0 Å². The molecular formula is C26H19F2N3O2S. The van der Waals surface area contributed by atoms with E-state index in [1.54, 1.807) is 4.57 Å². The Morgan fingerprint density at radius 3 is 2.53 bits per heavy atom. The monoisotopic (exact) mass is 475 g/mol. The fraction of sp³-hybridized carbons (Fsp3) is 0.115. The van der Waals surface area contributed by atoms with Crippen molar-refractivity contribution in [2.24, 2.45) is 0 Å². The molecule has 0 radical (unpaired) electrons. The molecule has 0 amide bonds. The van der Waals surface area contributed by atoms with Crippen LogP contribution in [0.15, 0.2) is 81.1 Å². The van der Waals surface area contributed by atoms with Gasteiger partial charge in [0.05, 0.1) is 5.69 Å². The lowest BCUT2D eigenvalue weighted by atomic mass is 10.0. The van der Waals surface area contributed by atoms with Crippen molar-refractivity contribution < 1.29 is 13.2 Å². The zero-order valence-electron chi connectivity index (χ0n) is 18.4. The van der Waals surface area contributed by atoms with E-state index >= 15 is 0 Å². The second-order valence-corrected chi connectivity index (χ2v) is 8.81. The summed E-state index contributed by atoms with van der Waals surface area (Å²) in [5.74, 6) is -0.591. The number of hydrogen-bond acceptors (Lipinski definition) is 5. The zero-order valence-corrected chi connectivity index (χ0v) is 19.2. The molecule has 34 heavy (non-hydrogen) atoms. The van der Waals surface area contributed by atoms with E-state index in [4.69, 9.17) is 4.42 Å². The van der Waals surface area contributed by atoms with Crippen LogP contribution in [0.25, 0.3) is 28.0 Å². The summed E-state index contributed by atoms with van der Waals surface area (Å²) in [6, 6.07) is 18.0. The second-order valence-electron chi connectivity index (χ2n) is 7.87. The van der Waals surface area contributed by atoms with E-state index in [1.165, 1.54) is 30.0 Å². The fourth-order valence-corrected chi connectivity index (χ4v) is 4.74. The van der Waals surface area contributed by atoms with Crippen LogP contribution in [0, 0.1) is 25.5 Å². The van der Waals surface area contributed by atoms with Crippen LogP contribution < -0.4 is 5.63 Å². The third kappa shape index (κ3) is 4.01. The minimum Gasteiger partial charge on any atom is -0.422 e. The van der Waals surface area contributed by atoms with Crippen molar-refractivity contribution in [1.82, 2.24) is 14.8 Å². The van der Waals surface area contributed by atoms with Crippen LogP contribution in [0.1, 0.15) is 16.7 Å². The third-order valence-electron chi connectivity index (χ3n) is 5.69. The number of halogens is 2. The van der Waals surface area contributed by atoms with Crippen LogP contribution >= 0.6 is 11.8 Å². The Labute approximate surface area is 198 Å². The first-order valence-electron chi connectivity index (χ1n) is 10.5. The van der Waals surface area contributed by atoms with Crippen LogP contribution in [-0.4, -0.2) is 14.8 Å². The summed E-state index contributed by atoms with van der Waals surface area (Å²) in [5, 5.41) is 9.83. The predicted molar refractivity (Wildman–Crippen MR) is 128 cm³/mol. The van der Waals surface area contributed by atoms with Gasteiger partial charge in [-0.25, -0.2) is 13.6 Å². The summed E-state index contributed by atoms with van der Waals surface area (Å²) in [6.07, 6.45) is 0. The molecule has 0 bridgehead atoms. The average Bonchev–Trinajstić information content (AvgIpc) is 3.24. The van der Waals surface area contributed by atoms with Crippen molar-refractivity contribution in [2.45, 2.75) is 24.8 Å². The van der Waals surface area contributed by atoms with Gasteiger partial charge in [-0.2, -0.15) is 0 Å². The van der Waals surface area contributed by atoms with E-state index in [0.29, 0.717) is 22.3 Å². The number of fused-ring (bicyclic) bond motifs is 1. The minimum atomic E-state index is -0.726. The van der Waals surface area contributed by atoms with Crippen LogP contribution in [-0.2, 0) is 5.75 Å². The number of rotatable bonds is 5. The Bertz CT molecular complexity index is 1580. The van der Waals surface area contributed by atoms with Gasteiger partial charge in [0.25, 0.3) is 0 Å². The second kappa shape index (κ2) is 8.87. The van der Waals surface area contributed by atoms with Crippen molar-refractivity contribution in [2.75, 3.05) is 0 Å². The number of hydrogen-bond donors (Lipinski definition) is 0. The molecule has 0 fully saturated rings. The third-order valence-corrected chi connectivity index (χ3v) is 6.67. The molecule has 8 heteroatoms. The lowest BCUT2D eigenvalue weighted by Gasteiger charge is -2.12. The first kappa shape index (κ1) is 22.0. The van der Waals surface area contributed by atoms with Gasteiger partial charge >= 0.3 is 5.63 Å². The largest absolute Gasteiger partial charge is 0.422 e. The summed E-state index contributed by atoms with van der Waals surface area (Å²) in [7, 11) is 0. The molecule has 3 aromatic carbocycles. The quantitative estimate of drug-likeness (QED) is 0.223. The van der Waals surface area contributed by atoms with Gasteiger partial charge in [0.2, 0.25) is 0 Å². The van der Waals surface area contributed by atoms with E-state index < -0.39 is 17.3 Å². The first-order chi connectivity index (χ1) is 16.4. The predicted octanol–water partition coefficient (Wildman–Crippen LogP) is 6.23. The van der Waals surface area contributed by atoms with Gasteiger partial charge in [0, 0.05) is 28.8 Å². The molecule has 2 heterocycles. The summed E-state index contributed by atoms with van der Waals surface area (Å²) in [6.45, 7) is 3.87. The van der Waals surface area contributed by atoms with Gasteiger partial charge in [-0.3, -0.25) is 4.57 Å². The van der Waals surface area contributed by atoms with Crippen LogP contribution in [0.3, 0.4) is 0 Å². The number of benzene rings is 3. The summed E-state index contributed by atoms with van der Waals surface area (Å²) >= 11 is 1.31. The maximum atomic E-state index is 14.8. The Morgan fingerprint density at radius 1 is 0.971 bits per heavy atom. The molecule has 0 aliphatic heterocycles. The van der Waals surface area contributed by atoms with Gasteiger partial charge in [0.15, 0.2) is 11.0 Å². The van der Waals surface area contributed by atoms with Crippen molar-refractivity contribution >= 4 is 22.7 Å². The molecule has 0 N–H and O–H groups in total. The van der Waals surface area contributed by atoms with E-state index in [1.807, 2.05) is 56.3 Å². The van der Waals surface area contributed by atoms with Gasteiger partial charge in [-0.05, 0) is 42.7 Å². The highest BCUT2D eigenvalue weighted by Gasteiger charge is 2.20. The molecule has 2 aromatic heterocycles. The van der Waals surface area contributed by atoms with Crippen LogP contribution in [0.2, 0.25) is 0 Å². The fourth-order valence-electron chi connectivity index (χ4n) is 3.80. The number of nitrogens with zero attached hydrogens (tertiary/aromatic N) is 3. The topological polar surface area (TPSA) is 60.9 Å². The lowest BCUT2D eigenvalue weighted by Crippen LogP contribution is -2.04. The van der Waals surface area contributed by atoms with Crippen molar-refractivity contribution in [3.8, 4) is 17.1 Å². The number of aromatic nitrogens is 3. The SMILES string of the molecule is Cc1ccc2c(CSc3nnc(-c4ccccc4)n3-c3ccc(F)cc3F)cc(=O)oc2c1C. The molecule has 5 nitrogen and oxygen atoms in total. The van der Waals surface area contributed by atoms with E-state index in [-0.39, 0.29) is 5.69 Å². The van der Waals surface area contributed by atoms with Gasteiger partial charge in [-0.1, -0.05) is 54.2 Å². The van der Waals surface area contributed by atoms with E-state index in [2.05, 4.69) is 10.2 Å². The highest BCUT2D eigenvalue weighted by atomic mass is 32.2. The number of aryl methyl sites for hydroxylation is 2. The highest BCUT2D eigenvalue weighted by Crippen LogP contribution is 2.33. The molecule has 0 spiro atoms. The Morgan fingerprint density at radius 2 is 1.76 bits per heavy atom. The maximum Gasteiger partial charge on any atom is 0.336 e. The minimum absolute atomic E-state index is 0.136. The summed E-state index contributed by atoms with van der Waals surface area (Å²) < 4.78 is 35.5. The smallest absolute Gasteiger partial charge is 0.336 e. The van der Waals surface area contributed by atoms with E-state index in [0.717, 1.165) is 33.7 Å². The van der Waals surface area contributed by atoms with Crippen molar-refractivity contribution in [3.63, 3.8) is 0 Å². The Kier molecular flexibility index (Phi) is 5.75. The molecule has 170 valence electrons. The van der Waals surface area contributed by atoms with Crippen LogP contribution in [0.4, 0.5) is 8.78 Å². The molecular weight excluding hydrogens is 456 g/mol. The first-order valence-corrected chi connectivity index (χ1v) is 11.5. The molecule has 0 saturated heterocycles. The van der Waals surface area contributed by atoms with Gasteiger partial charge < -0.3 is 4.42 Å². The number of thioether (sulfide) groups is 1. The van der Waals surface area contributed by atoms with Gasteiger partial charge in [-0.15, -0.1) is 10.2 Å². The summed E-state index contributed by atoms with van der Waals surface area (Å²) in [5.41, 5.74) is 3.70. The molecule has 0 aliphatic carbocycles. The molecule has 0 atom stereocenters. The maximum absolute atomic E-state index is 14.8. The highest BCUT2D eigenvalue weighted by molar-refractivity contribution is 7.98. The Balaban J connectivity index is 1.60. The normalized spacial score (nSPS) is 11.3. The standard InChI is InChI=1S/C26H19F2N3O2S/c1-15-8-10-20-18(12-23(32)33-24(20)16(15)2)14-34-26-30-29-25(17-6-4-3-5-7-17)31(26)22-11-9-19(27)13-21(22)28/h3-13H,14H2,1-2H3. The average molecular weight is 476 g/mol. The molecule has 0 unspecified atom stereocenters. The Hall–Kier alpha value is -3.78. The zero-order chi connectivity index (χ0) is 23.8. The van der Waals surface area contributed by atoms with Crippen molar-refractivity contribution in [3.05, 3.63) is 105 Å². The van der Waals surface area contributed by atoms with Crippen LogP contribution in [0.5, 0.6) is 0 Å². The molecule has 0 saturated carbocycles. The summed E-state index contributed by atoms with van der Waals surface area (Å²) in [4.78, 5) is 12.2. The lowest BCUT2D eigenvalue weighted by molar-refractivity contribution is 0.557. The van der Waals surface area contributed by atoms with Gasteiger partial charge in [0.1, 0.15) is 17.2 Å². The molecule has 5 rings (SSSR count). The molecule has 0 aliphatic rings. The van der Waals surface area contributed by atoms with E-state index in [9.17, 15) is 13.6 Å².